The van der Waals surface area contributed by atoms with Gasteiger partial charge >= 0.3 is 0 Å². The minimum Gasteiger partial charge on any atom is -0.388 e. The standard InChI is InChI=1S/C15H12BrF3O/c1-8-4-11(14(19)7-12(8)17)15(20)5-9-2-3-10(16)6-13(9)18/h2-4,6-7,15,20H,5H2,1H3. The zero-order chi connectivity index (χ0) is 14.9. The highest BCUT2D eigenvalue weighted by Crippen LogP contribution is 2.25. The van der Waals surface area contributed by atoms with Crippen molar-refractivity contribution in [2.75, 3.05) is 0 Å². The van der Waals surface area contributed by atoms with Gasteiger partial charge in [-0.1, -0.05) is 22.0 Å². The summed E-state index contributed by atoms with van der Waals surface area (Å²) >= 11 is 3.13. The maximum absolute atomic E-state index is 13.7. The summed E-state index contributed by atoms with van der Waals surface area (Å²) in [5.41, 5.74) is 0.463. The molecule has 0 aliphatic heterocycles. The van der Waals surface area contributed by atoms with E-state index in [0.717, 1.165) is 6.07 Å². The van der Waals surface area contributed by atoms with Gasteiger partial charge in [0.25, 0.3) is 0 Å². The first kappa shape index (κ1) is 15.1. The maximum atomic E-state index is 13.7. The van der Waals surface area contributed by atoms with Crippen LogP contribution in [0.2, 0.25) is 0 Å². The van der Waals surface area contributed by atoms with Gasteiger partial charge in [0.1, 0.15) is 17.5 Å². The molecule has 0 aliphatic carbocycles. The third-order valence-electron chi connectivity index (χ3n) is 3.07. The van der Waals surface area contributed by atoms with Crippen LogP contribution in [0.4, 0.5) is 13.2 Å². The van der Waals surface area contributed by atoms with Crippen molar-refractivity contribution in [1.29, 1.82) is 0 Å². The Kier molecular flexibility index (Phi) is 4.50. The van der Waals surface area contributed by atoms with Crippen molar-refractivity contribution in [3.63, 3.8) is 0 Å². The van der Waals surface area contributed by atoms with Gasteiger partial charge in [0.15, 0.2) is 0 Å². The van der Waals surface area contributed by atoms with Crippen molar-refractivity contribution in [1.82, 2.24) is 0 Å². The Balaban J connectivity index is 2.28. The largest absolute Gasteiger partial charge is 0.388 e. The van der Waals surface area contributed by atoms with Crippen LogP contribution in [-0.4, -0.2) is 5.11 Å². The lowest BCUT2D eigenvalue weighted by molar-refractivity contribution is 0.172. The van der Waals surface area contributed by atoms with Crippen LogP contribution in [0.15, 0.2) is 34.8 Å². The number of benzene rings is 2. The van der Waals surface area contributed by atoms with E-state index >= 15 is 0 Å². The molecule has 0 saturated carbocycles. The Hall–Kier alpha value is -1.33. The predicted octanol–water partition coefficient (Wildman–Crippen LogP) is 4.45. The Bertz CT molecular complexity index is 643. The highest BCUT2D eigenvalue weighted by Gasteiger charge is 2.17. The fraction of sp³-hybridized carbons (Fsp3) is 0.200. The van der Waals surface area contributed by atoms with Gasteiger partial charge in [0.2, 0.25) is 0 Å². The minimum atomic E-state index is -1.23. The quantitative estimate of drug-likeness (QED) is 0.871. The van der Waals surface area contributed by atoms with Crippen molar-refractivity contribution >= 4 is 15.9 Å². The minimum absolute atomic E-state index is 0.0359. The SMILES string of the molecule is Cc1cc(C(O)Cc2ccc(Br)cc2F)c(F)cc1F. The normalized spacial score (nSPS) is 12.5. The molecule has 20 heavy (non-hydrogen) atoms. The smallest absolute Gasteiger partial charge is 0.131 e. The molecule has 0 aromatic heterocycles. The lowest BCUT2D eigenvalue weighted by Crippen LogP contribution is -2.07. The Morgan fingerprint density at radius 2 is 1.75 bits per heavy atom. The van der Waals surface area contributed by atoms with E-state index in [1.54, 1.807) is 6.07 Å². The number of aliphatic hydroxyl groups is 1. The molecule has 1 N–H and O–H groups in total. The second-order valence-electron chi connectivity index (χ2n) is 4.58. The van der Waals surface area contributed by atoms with Crippen LogP contribution in [0.3, 0.4) is 0 Å². The van der Waals surface area contributed by atoms with Crippen molar-refractivity contribution in [2.24, 2.45) is 0 Å². The number of halogens is 4. The first-order valence-electron chi connectivity index (χ1n) is 5.96. The Labute approximate surface area is 123 Å². The second-order valence-corrected chi connectivity index (χ2v) is 5.49. The van der Waals surface area contributed by atoms with E-state index in [0.29, 0.717) is 4.47 Å². The van der Waals surface area contributed by atoms with E-state index in [-0.39, 0.29) is 23.1 Å². The Morgan fingerprint density at radius 1 is 1.05 bits per heavy atom. The zero-order valence-corrected chi connectivity index (χ0v) is 12.2. The van der Waals surface area contributed by atoms with E-state index in [9.17, 15) is 18.3 Å². The monoisotopic (exact) mass is 344 g/mol. The van der Waals surface area contributed by atoms with E-state index in [2.05, 4.69) is 15.9 Å². The first-order valence-corrected chi connectivity index (χ1v) is 6.75. The highest BCUT2D eigenvalue weighted by atomic mass is 79.9. The number of rotatable bonds is 3. The van der Waals surface area contributed by atoms with E-state index < -0.39 is 23.6 Å². The summed E-state index contributed by atoms with van der Waals surface area (Å²) in [4.78, 5) is 0. The molecular formula is C15H12BrF3O. The van der Waals surface area contributed by atoms with Gasteiger partial charge in [-0.25, -0.2) is 13.2 Å². The van der Waals surface area contributed by atoms with E-state index in [1.807, 2.05) is 0 Å². The maximum Gasteiger partial charge on any atom is 0.131 e. The van der Waals surface area contributed by atoms with Gasteiger partial charge in [-0.15, -0.1) is 0 Å². The summed E-state index contributed by atoms with van der Waals surface area (Å²) in [6.07, 6.45) is -1.31. The lowest BCUT2D eigenvalue weighted by atomic mass is 9.99. The predicted molar refractivity (Wildman–Crippen MR) is 73.9 cm³/mol. The summed E-state index contributed by atoms with van der Waals surface area (Å²) in [6, 6.07) is 6.39. The third kappa shape index (κ3) is 3.22. The third-order valence-corrected chi connectivity index (χ3v) is 3.56. The summed E-state index contributed by atoms with van der Waals surface area (Å²) in [5, 5.41) is 10.0. The Morgan fingerprint density at radius 3 is 2.40 bits per heavy atom. The highest BCUT2D eigenvalue weighted by molar-refractivity contribution is 9.10. The number of aliphatic hydroxyl groups excluding tert-OH is 1. The molecule has 0 fully saturated rings. The molecule has 1 nitrogen and oxygen atoms in total. The average Bonchev–Trinajstić information content (AvgIpc) is 2.37. The van der Waals surface area contributed by atoms with Gasteiger partial charge in [-0.05, 0) is 36.2 Å². The fourth-order valence-electron chi connectivity index (χ4n) is 1.94. The van der Waals surface area contributed by atoms with Gasteiger partial charge in [0, 0.05) is 22.5 Å². The molecule has 0 aliphatic rings. The van der Waals surface area contributed by atoms with Crippen LogP contribution in [0.25, 0.3) is 0 Å². The van der Waals surface area contributed by atoms with Crippen molar-refractivity contribution in [3.05, 3.63) is 68.9 Å². The molecule has 2 rings (SSSR count). The lowest BCUT2D eigenvalue weighted by Gasteiger charge is -2.14. The molecule has 0 radical (unpaired) electrons. The van der Waals surface area contributed by atoms with Gasteiger partial charge in [-0.3, -0.25) is 0 Å². The van der Waals surface area contributed by atoms with Gasteiger partial charge < -0.3 is 5.11 Å². The molecule has 1 unspecified atom stereocenters. The molecule has 0 spiro atoms. The molecule has 2 aromatic carbocycles. The molecule has 106 valence electrons. The fourth-order valence-corrected chi connectivity index (χ4v) is 2.27. The number of hydrogen-bond acceptors (Lipinski definition) is 1. The number of aryl methyl sites for hydroxylation is 1. The van der Waals surface area contributed by atoms with Crippen molar-refractivity contribution in [2.45, 2.75) is 19.4 Å². The van der Waals surface area contributed by atoms with Gasteiger partial charge in [0.05, 0.1) is 6.10 Å². The van der Waals surface area contributed by atoms with Crippen molar-refractivity contribution in [3.8, 4) is 0 Å². The second kappa shape index (κ2) is 5.97. The van der Waals surface area contributed by atoms with E-state index in [4.69, 9.17) is 0 Å². The van der Waals surface area contributed by atoms with Crippen LogP contribution in [0, 0.1) is 24.4 Å². The van der Waals surface area contributed by atoms with Gasteiger partial charge in [-0.2, -0.15) is 0 Å². The average molecular weight is 345 g/mol. The molecule has 0 bridgehead atoms. The molecule has 1 atom stereocenters. The molecular weight excluding hydrogens is 333 g/mol. The number of hydrogen-bond donors (Lipinski definition) is 1. The summed E-state index contributed by atoms with van der Waals surface area (Å²) in [7, 11) is 0. The molecule has 0 saturated heterocycles. The van der Waals surface area contributed by atoms with Crippen LogP contribution in [0.1, 0.15) is 22.8 Å². The zero-order valence-electron chi connectivity index (χ0n) is 10.6. The van der Waals surface area contributed by atoms with Crippen LogP contribution < -0.4 is 0 Å². The van der Waals surface area contributed by atoms with Crippen LogP contribution in [0.5, 0.6) is 0 Å². The van der Waals surface area contributed by atoms with E-state index in [1.165, 1.54) is 25.1 Å². The summed E-state index contributed by atoms with van der Waals surface area (Å²) < 4.78 is 41.1. The molecule has 0 heterocycles. The summed E-state index contributed by atoms with van der Waals surface area (Å²) in [6.45, 7) is 1.48. The molecule has 5 heteroatoms. The van der Waals surface area contributed by atoms with Crippen molar-refractivity contribution < 1.29 is 18.3 Å². The topological polar surface area (TPSA) is 20.2 Å². The summed E-state index contributed by atoms with van der Waals surface area (Å²) in [5.74, 6) is -2.00. The first-order chi connectivity index (χ1) is 9.38. The van der Waals surface area contributed by atoms with Crippen LogP contribution in [-0.2, 0) is 6.42 Å². The molecule has 2 aromatic rings. The molecule has 0 amide bonds. The van der Waals surface area contributed by atoms with Crippen LogP contribution >= 0.6 is 15.9 Å².